The highest BCUT2D eigenvalue weighted by Gasteiger charge is 2.44. The average Bonchev–Trinajstić information content (AvgIpc) is 2.57. The molecular formula is C17H24N3O3S+. The molecule has 3 N–H and O–H groups in total. The molecule has 7 heteroatoms. The number of benzene rings is 1. The Balaban J connectivity index is 2.01. The summed E-state index contributed by atoms with van der Waals surface area (Å²) in [7, 11) is -3.77. The van der Waals surface area contributed by atoms with Crippen LogP contribution in [0.15, 0.2) is 35.4 Å². The van der Waals surface area contributed by atoms with Gasteiger partial charge >= 0.3 is 10.0 Å². The molecule has 130 valence electrons. The van der Waals surface area contributed by atoms with E-state index in [0.717, 1.165) is 25.7 Å². The van der Waals surface area contributed by atoms with Gasteiger partial charge < -0.3 is 5.11 Å². The Morgan fingerprint density at radius 1 is 1.25 bits per heavy atom. The van der Waals surface area contributed by atoms with E-state index in [1.54, 1.807) is 24.3 Å². The van der Waals surface area contributed by atoms with Crippen molar-refractivity contribution in [3.63, 3.8) is 0 Å². The highest BCUT2D eigenvalue weighted by molar-refractivity contribution is 7.86. The number of nitrogens with two attached hydrogens (primary N) is 1. The van der Waals surface area contributed by atoms with Gasteiger partial charge in [-0.05, 0) is 24.1 Å². The van der Waals surface area contributed by atoms with Gasteiger partial charge in [-0.2, -0.15) is 14.3 Å². The lowest BCUT2D eigenvalue weighted by molar-refractivity contribution is -0.825. The molecule has 0 aliphatic carbocycles. The maximum atomic E-state index is 13.2. The molecule has 1 fully saturated rings. The fraction of sp³-hybridized carbons (Fsp3) is 0.471. The molecular weight excluding hydrogens is 326 g/mol. The number of aromatic hydroxyl groups is 1. The van der Waals surface area contributed by atoms with E-state index in [0.29, 0.717) is 29.8 Å². The van der Waals surface area contributed by atoms with Crippen molar-refractivity contribution < 1.29 is 17.5 Å². The van der Waals surface area contributed by atoms with Crippen LogP contribution in [0.3, 0.4) is 0 Å². The molecule has 6 nitrogen and oxygen atoms in total. The summed E-state index contributed by atoms with van der Waals surface area (Å²) in [5, 5.41) is 10.8. The van der Waals surface area contributed by atoms with E-state index in [4.69, 9.17) is 5.84 Å². The lowest BCUT2D eigenvalue weighted by Crippen LogP contribution is -2.61. The van der Waals surface area contributed by atoms with Gasteiger partial charge in [0.05, 0.1) is 0 Å². The van der Waals surface area contributed by atoms with Crippen molar-refractivity contribution in [2.45, 2.75) is 37.5 Å². The number of nitrogens with zero attached hydrogens (tertiary/aromatic N) is 2. The van der Waals surface area contributed by atoms with E-state index in [1.807, 2.05) is 0 Å². The summed E-state index contributed by atoms with van der Waals surface area (Å²) in [6, 6.07) is 6.44. The second-order valence-corrected chi connectivity index (χ2v) is 8.71. The first kappa shape index (κ1) is 17.1. The number of rotatable bonds is 4. The van der Waals surface area contributed by atoms with Crippen molar-refractivity contribution >= 4 is 20.8 Å². The Labute approximate surface area is 142 Å². The van der Waals surface area contributed by atoms with Crippen LogP contribution in [0, 0.1) is 5.92 Å². The van der Waals surface area contributed by atoms with Crippen LogP contribution in [0.1, 0.15) is 32.6 Å². The van der Waals surface area contributed by atoms with Crippen molar-refractivity contribution in [2.24, 2.45) is 11.8 Å². The first-order valence-corrected chi connectivity index (χ1v) is 9.80. The molecule has 0 saturated carbocycles. The number of pyridine rings is 1. The Morgan fingerprint density at radius 2 is 1.96 bits per heavy atom. The third kappa shape index (κ3) is 2.76. The van der Waals surface area contributed by atoms with Gasteiger partial charge in [0.2, 0.25) is 5.88 Å². The summed E-state index contributed by atoms with van der Waals surface area (Å²) in [5.41, 5.74) is 0. The average molecular weight is 350 g/mol. The summed E-state index contributed by atoms with van der Waals surface area (Å²) < 4.78 is 26.0. The van der Waals surface area contributed by atoms with Crippen LogP contribution in [0.2, 0.25) is 0 Å². The predicted octanol–water partition coefficient (Wildman–Crippen LogP) is 2.53. The van der Waals surface area contributed by atoms with Crippen molar-refractivity contribution in [3.8, 4) is 5.88 Å². The second-order valence-electron chi connectivity index (χ2n) is 6.59. The van der Waals surface area contributed by atoms with Gasteiger partial charge in [-0.15, -0.1) is 4.00 Å². The van der Waals surface area contributed by atoms with Crippen LogP contribution >= 0.6 is 0 Å². The molecule has 0 radical (unpaired) electrons. The van der Waals surface area contributed by atoms with Crippen molar-refractivity contribution in [1.29, 1.82) is 0 Å². The summed E-state index contributed by atoms with van der Waals surface area (Å²) >= 11 is 0. The molecule has 24 heavy (non-hydrogen) atoms. The minimum absolute atomic E-state index is 0.161. The summed E-state index contributed by atoms with van der Waals surface area (Å²) in [4.78, 5) is 3.98. The minimum Gasteiger partial charge on any atom is -0.493 e. The van der Waals surface area contributed by atoms with Crippen LogP contribution in [0.5, 0.6) is 5.88 Å². The lowest BCUT2D eigenvalue weighted by atomic mass is 9.93. The summed E-state index contributed by atoms with van der Waals surface area (Å²) in [6.45, 7) is 2.98. The molecule has 0 unspecified atom stereocenters. The molecule has 1 saturated heterocycles. The van der Waals surface area contributed by atoms with Crippen LogP contribution in [-0.4, -0.2) is 35.6 Å². The number of aromatic nitrogens is 1. The Kier molecular flexibility index (Phi) is 4.50. The molecule has 1 aromatic carbocycles. The molecule has 1 aliphatic heterocycles. The normalized spacial score (nSPS) is 25.0. The van der Waals surface area contributed by atoms with Crippen molar-refractivity contribution in [1.82, 2.24) is 4.98 Å². The number of fused-ring (bicyclic) bond motifs is 1. The predicted molar refractivity (Wildman–Crippen MR) is 92.4 cm³/mol. The zero-order valence-corrected chi connectivity index (χ0v) is 14.7. The second kappa shape index (κ2) is 6.31. The smallest absolute Gasteiger partial charge is 0.345 e. The van der Waals surface area contributed by atoms with Crippen LogP contribution in [0.4, 0.5) is 0 Å². The van der Waals surface area contributed by atoms with Crippen molar-refractivity contribution in [3.05, 3.63) is 30.5 Å². The fourth-order valence-corrected chi connectivity index (χ4v) is 5.37. The molecule has 0 amide bonds. The standard InChI is InChI=1S/C17H23N3O3S/c1-2-4-13-8-11-20(18,12-9-13)24(22,23)16-6-3-5-15-14(16)7-10-19-17(15)21/h3,5-7,10,13H,2,4,8-9,11-12,18H2,1H3/p+1. The topological polar surface area (TPSA) is 93.3 Å². The van der Waals surface area contributed by atoms with E-state index in [9.17, 15) is 13.5 Å². The molecule has 0 atom stereocenters. The third-order valence-corrected chi connectivity index (χ3v) is 7.26. The number of hydrogen-bond donors (Lipinski definition) is 2. The van der Waals surface area contributed by atoms with Gasteiger partial charge in [0.1, 0.15) is 18.0 Å². The van der Waals surface area contributed by atoms with E-state index >= 15 is 0 Å². The van der Waals surface area contributed by atoms with Crippen LogP contribution in [0.25, 0.3) is 10.8 Å². The van der Waals surface area contributed by atoms with E-state index in [1.165, 1.54) is 6.20 Å². The van der Waals surface area contributed by atoms with Crippen molar-refractivity contribution in [2.75, 3.05) is 13.1 Å². The Morgan fingerprint density at radius 3 is 2.62 bits per heavy atom. The Hall–Kier alpha value is -1.70. The summed E-state index contributed by atoms with van der Waals surface area (Å²) in [5.74, 6) is 6.71. The highest BCUT2D eigenvalue weighted by atomic mass is 32.2. The highest BCUT2D eigenvalue weighted by Crippen LogP contribution is 2.34. The largest absolute Gasteiger partial charge is 0.493 e. The number of piperidine rings is 1. The van der Waals surface area contributed by atoms with E-state index in [-0.39, 0.29) is 10.8 Å². The van der Waals surface area contributed by atoms with Crippen LogP contribution < -0.4 is 5.84 Å². The molecule has 2 aromatic rings. The lowest BCUT2D eigenvalue weighted by Gasteiger charge is -2.37. The van der Waals surface area contributed by atoms with Gasteiger partial charge in [0, 0.05) is 29.8 Å². The molecule has 0 bridgehead atoms. The molecule has 2 heterocycles. The van der Waals surface area contributed by atoms with Gasteiger partial charge in [-0.3, -0.25) is 0 Å². The van der Waals surface area contributed by atoms with E-state index in [2.05, 4.69) is 11.9 Å². The maximum Gasteiger partial charge on any atom is 0.345 e. The SMILES string of the molecule is CCCC1CC[N+](N)(S(=O)(=O)c2cccc3c(O)nccc23)CC1. The Bertz CT molecular complexity index is 843. The van der Waals surface area contributed by atoms with Crippen LogP contribution in [-0.2, 0) is 10.0 Å². The number of sulfonamides is 1. The minimum atomic E-state index is -3.77. The van der Waals surface area contributed by atoms with E-state index < -0.39 is 14.0 Å². The fourth-order valence-electron chi connectivity index (χ4n) is 3.58. The third-order valence-electron chi connectivity index (χ3n) is 5.03. The van der Waals surface area contributed by atoms with Gasteiger partial charge in [-0.1, -0.05) is 25.8 Å². The van der Waals surface area contributed by atoms with Gasteiger partial charge in [-0.25, -0.2) is 4.98 Å². The summed E-state index contributed by atoms with van der Waals surface area (Å²) in [6.07, 6.45) is 5.28. The zero-order valence-electron chi connectivity index (χ0n) is 13.9. The first-order chi connectivity index (χ1) is 11.4. The quantitative estimate of drug-likeness (QED) is 0.653. The number of hydrogen-bond acceptors (Lipinski definition) is 5. The monoisotopic (exact) mass is 350 g/mol. The maximum absolute atomic E-state index is 13.2. The van der Waals surface area contributed by atoms with Gasteiger partial charge in [0.25, 0.3) is 0 Å². The number of quaternary nitrogens is 1. The molecule has 1 aliphatic rings. The molecule has 1 aromatic heterocycles. The zero-order chi connectivity index (χ0) is 17.4. The molecule has 0 spiro atoms. The van der Waals surface area contributed by atoms with Gasteiger partial charge in [0.15, 0.2) is 0 Å². The first-order valence-electron chi connectivity index (χ1n) is 8.36. The molecule has 3 rings (SSSR count).